The van der Waals surface area contributed by atoms with E-state index in [2.05, 4.69) is 4.98 Å². The van der Waals surface area contributed by atoms with Gasteiger partial charge in [0.05, 0.1) is 17.1 Å². The maximum absolute atomic E-state index is 13.0. The molecule has 28 heavy (non-hydrogen) atoms. The molecule has 0 aliphatic rings. The van der Waals surface area contributed by atoms with Crippen LogP contribution in [0.25, 0.3) is 21.5 Å². The van der Waals surface area contributed by atoms with Crippen molar-refractivity contribution >= 4 is 21.7 Å². The maximum atomic E-state index is 13.0. The van der Waals surface area contributed by atoms with Gasteiger partial charge in [0, 0.05) is 32.7 Å². The second-order valence-corrected chi connectivity index (χ2v) is 6.54. The SMILES string of the molecule is CC.CCc1nc2c(s1)c(O)c(-c1ccccc1C)c(=O)n2CC(F)F.[CH3-].[Y]. The van der Waals surface area contributed by atoms with Crippen LogP contribution in [0.2, 0.25) is 0 Å². The molecule has 3 aromatic rings. The molecular formula is C20H25F2N2O2SY-. The molecule has 8 heteroatoms. The standard InChI is InChI=1S/C17H16F2N2O2S.C2H6.CH3.Y/c1-3-12-20-16-15(24-12)14(22)13(10-7-5-4-6-9(10)2)17(23)21(16)8-11(18)19;1-2;;/h4-7,11,22H,3,8H2,1-2H3;1-2H3;1H3;/q;;-1;. The summed E-state index contributed by atoms with van der Waals surface area (Å²) in [5.41, 5.74) is 0.844. The molecule has 0 amide bonds. The minimum Gasteiger partial charge on any atom is -0.505 e. The molecular weight excluding hydrogens is 459 g/mol. The molecule has 0 fully saturated rings. The summed E-state index contributed by atoms with van der Waals surface area (Å²) in [4.78, 5) is 17.1. The number of rotatable bonds is 4. The number of pyridine rings is 1. The fraction of sp³-hybridized carbons (Fsp3) is 0.350. The molecule has 0 aliphatic carbocycles. The van der Waals surface area contributed by atoms with Crippen molar-refractivity contribution in [1.29, 1.82) is 0 Å². The van der Waals surface area contributed by atoms with Gasteiger partial charge in [-0.2, -0.15) is 0 Å². The van der Waals surface area contributed by atoms with Crippen LogP contribution in [0, 0.1) is 14.4 Å². The number of halogens is 2. The number of aryl methyl sites for hydroxylation is 2. The third-order valence-corrected chi connectivity index (χ3v) is 5.05. The second kappa shape index (κ2) is 11.7. The Morgan fingerprint density at radius 2 is 1.86 bits per heavy atom. The van der Waals surface area contributed by atoms with Gasteiger partial charge in [-0.15, -0.1) is 11.3 Å². The van der Waals surface area contributed by atoms with Gasteiger partial charge in [0.15, 0.2) is 5.65 Å². The zero-order valence-electron chi connectivity index (χ0n) is 16.8. The van der Waals surface area contributed by atoms with Crippen LogP contribution in [0.4, 0.5) is 8.78 Å². The summed E-state index contributed by atoms with van der Waals surface area (Å²) < 4.78 is 27.3. The van der Waals surface area contributed by atoms with Crippen LogP contribution in [0.1, 0.15) is 31.3 Å². The molecule has 0 aliphatic heterocycles. The summed E-state index contributed by atoms with van der Waals surface area (Å²) in [6.07, 6.45) is -2.09. The predicted molar refractivity (Wildman–Crippen MR) is 109 cm³/mol. The molecule has 0 bridgehead atoms. The fourth-order valence-corrected chi connectivity index (χ4v) is 3.65. The average Bonchev–Trinajstić information content (AvgIpc) is 3.06. The van der Waals surface area contributed by atoms with E-state index in [-0.39, 0.29) is 57.1 Å². The van der Waals surface area contributed by atoms with Gasteiger partial charge in [0.2, 0.25) is 0 Å². The Labute approximate surface area is 193 Å². The van der Waals surface area contributed by atoms with Crippen LogP contribution in [0.15, 0.2) is 29.1 Å². The van der Waals surface area contributed by atoms with E-state index >= 15 is 0 Å². The number of benzene rings is 1. The third kappa shape index (κ3) is 5.25. The zero-order valence-corrected chi connectivity index (χ0v) is 20.4. The predicted octanol–water partition coefficient (Wildman–Crippen LogP) is 5.44. The first-order valence-electron chi connectivity index (χ1n) is 8.53. The molecule has 2 aromatic heterocycles. The number of nitrogens with zero attached hydrogens (tertiary/aromatic N) is 2. The van der Waals surface area contributed by atoms with Gasteiger partial charge < -0.3 is 12.5 Å². The van der Waals surface area contributed by atoms with Crippen molar-refractivity contribution in [2.45, 2.75) is 47.1 Å². The average molecular weight is 484 g/mol. The summed E-state index contributed by atoms with van der Waals surface area (Å²) in [6, 6.07) is 7.06. The number of hydrogen-bond donors (Lipinski definition) is 1. The maximum Gasteiger partial charge on any atom is 0.264 e. The number of hydrogen-bond acceptors (Lipinski definition) is 4. The smallest absolute Gasteiger partial charge is 0.264 e. The summed E-state index contributed by atoms with van der Waals surface area (Å²) in [6.45, 7) is 6.94. The second-order valence-electron chi connectivity index (χ2n) is 5.46. The zero-order chi connectivity index (χ0) is 19.4. The van der Waals surface area contributed by atoms with Gasteiger partial charge in [0.1, 0.15) is 10.4 Å². The monoisotopic (exact) mass is 484 g/mol. The Hall–Kier alpha value is -1.18. The minimum absolute atomic E-state index is 0. The Morgan fingerprint density at radius 1 is 1.25 bits per heavy atom. The molecule has 3 rings (SSSR count). The molecule has 0 saturated heterocycles. The first-order valence-corrected chi connectivity index (χ1v) is 9.35. The molecule has 4 nitrogen and oxygen atoms in total. The number of thiazole rings is 1. The molecule has 0 saturated carbocycles. The van der Waals surface area contributed by atoms with Gasteiger partial charge in [-0.1, -0.05) is 45.0 Å². The van der Waals surface area contributed by atoms with Gasteiger partial charge >= 0.3 is 0 Å². The first kappa shape index (κ1) is 26.8. The molecule has 0 unspecified atom stereocenters. The number of fused-ring (bicyclic) bond motifs is 1. The van der Waals surface area contributed by atoms with Crippen molar-refractivity contribution in [1.82, 2.24) is 9.55 Å². The number of aromatic hydroxyl groups is 1. The van der Waals surface area contributed by atoms with E-state index < -0.39 is 18.5 Å². The van der Waals surface area contributed by atoms with E-state index in [1.54, 1.807) is 25.1 Å². The van der Waals surface area contributed by atoms with Gasteiger partial charge in [-0.05, 0) is 24.5 Å². The summed E-state index contributed by atoms with van der Waals surface area (Å²) in [7, 11) is 0. The van der Waals surface area contributed by atoms with Gasteiger partial charge in [-0.25, -0.2) is 13.8 Å². The summed E-state index contributed by atoms with van der Waals surface area (Å²) in [5.74, 6) is -0.188. The normalized spacial score (nSPS) is 10.1. The largest absolute Gasteiger partial charge is 0.505 e. The van der Waals surface area contributed by atoms with E-state index in [4.69, 9.17) is 0 Å². The number of aromatic nitrogens is 2. The van der Waals surface area contributed by atoms with Crippen molar-refractivity contribution < 1.29 is 46.6 Å². The number of alkyl halides is 2. The molecule has 0 atom stereocenters. The topological polar surface area (TPSA) is 55.1 Å². The van der Waals surface area contributed by atoms with E-state index in [0.717, 1.165) is 10.1 Å². The molecule has 2 heterocycles. The molecule has 1 aromatic carbocycles. The van der Waals surface area contributed by atoms with Gasteiger partial charge in [0.25, 0.3) is 12.0 Å². The molecule has 1 radical (unpaired) electrons. The third-order valence-electron chi connectivity index (χ3n) is 3.86. The van der Waals surface area contributed by atoms with Crippen molar-refractivity contribution in [3.8, 4) is 16.9 Å². The summed E-state index contributed by atoms with van der Waals surface area (Å²) in [5, 5.41) is 11.3. The van der Waals surface area contributed by atoms with Crippen LogP contribution in [-0.2, 0) is 45.7 Å². The van der Waals surface area contributed by atoms with Crippen molar-refractivity contribution in [2.24, 2.45) is 0 Å². The van der Waals surface area contributed by atoms with Gasteiger partial charge in [-0.3, -0.25) is 9.36 Å². The van der Waals surface area contributed by atoms with Crippen LogP contribution < -0.4 is 5.56 Å². The van der Waals surface area contributed by atoms with Crippen LogP contribution in [0.5, 0.6) is 5.75 Å². The fourth-order valence-electron chi connectivity index (χ4n) is 2.69. The Bertz CT molecular complexity index is 971. The molecule has 1 N–H and O–H groups in total. The van der Waals surface area contributed by atoms with E-state index in [1.165, 1.54) is 11.3 Å². The molecule has 0 spiro atoms. The van der Waals surface area contributed by atoms with Crippen LogP contribution >= 0.6 is 11.3 Å². The first-order chi connectivity index (χ1) is 12.4. The van der Waals surface area contributed by atoms with E-state index in [1.807, 2.05) is 26.8 Å². The van der Waals surface area contributed by atoms with E-state index in [0.29, 0.717) is 21.7 Å². The summed E-state index contributed by atoms with van der Waals surface area (Å²) >= 11 is 1.22. The van der Waals surface area contributed by atoms with E-state index in [9.17, 15) is 18.7 Å². The quantitative estimate of drug-likeness (QED) is 0.502. The van der Waals surface area contributed by atoms with Crippen molar-refractivity contribution in [3.63, 3.8) is 0 Å². The van der Waals surface area contributed by atoms with Crippen molar-refractivity contribution in [3.05, 3.63) is 52.6 Å². The van der Waals surface area contributed by atoms with Crippen LogP contribution in [-0.4, -0.2) is 21.1 Å². The van der Waals surface area contributed by atoms with Crippen molar-refractivity contribution in [2.75, 3.05) is 0 Å². The molecule has 151 valence electrons. The Morgan fingerprint density at radius 3 is 2.39 bits per heavy atom. The Kier molecular flexibility index (Phi) is 11.2. The Balaban J connectivity index is 0.00000177. The minimum atomic E-state index is -2.69. The van der Waals surface area contributed by atoms with Crippen LogP contribution in [0.3, 0.4) is 0 Å².